The zero-order valence-corrected chi connectivity index (χ0v) is 10.1. The smallest absolute Gasteiger partial charge is 0.331 e. The number of nitrogens with one attached hydrogen (secondary N) is 2. The second kappa shape index (κ2) is 5.59. The summed E-state index contributed by atoms with van der Waals surface area (Å²) in [4.78, 5) is 25.1. The van der Waals surface area contributed by atoms with Gasteiger partial charge < -0.3 is 10.2 Å². The number of hydrogen-bond donors (Lipinski definition) is 2. The highest BCUT2D eigenvalue weighted by Crippen LogP contribution is 2.16. The first-order valence-electron chi connectivity index (χ1n) is 5.12. The van der Waals surface area contributed by atoms with E-state index >= 15 is 0 Å². The fourth-order valence-electron chi connectivity index (χ4n) is 1.35. The van der Waals surface area contributed by atoms with Gasteiger partial charge in [-0.25, -0.2) is 9.59 Å². The summed E-state index contributed by atoms with van der Waals surface area (Å²) >= 11 is 0. The molecule has 0 aromatic heterocycles. The van der Waals surface area contributed by atoms with Crippen molar-refractivity contribution in [1.82, 2.24) is 5.48 Å². The van der Waals surface area contributed by atoms with Crippen molar-refractivity contribution in [3.63, 3.8) is 0 Å². The highest BCUT2D eigenvalue weighted by molar-refractivity contribution is 5.89. The van der Waals surface area contributed by atoms with Crippen LogP contribution in [0.25, 0.3) is 0 Å². The Morgan fingerprint density at radius 1 is 1.11 bits per heavy atom. The maximum Gasteiger partial charge on any atom is 0.493 e. The summed E-state index contributed by atoms with van der Waals surface area (Å²) in [6.45, 7) is 3.58. The molecule has 0 unspecified atom stereocenters. The lowest BCUT2D eigenvalue weighted by atomic mass is 10.1. The number of amides is 2. The average Bonchev–Trinajstić information content (AvgIpc) is 2.22. The molecule has 0 radical (unpaired) electrons. The van der Waals surface area contributed by atoms with Gasteiger partial charge in [-0.1, -0.05) is 6.07 Å². The molecule has 104 valence electrons. The minimum absolute atomic E-state index is 0.373. The first-order valence-corrected chi connectivity index (χ1v) is 5.12. The standard InChI is InChI=1S/C11H11F3N2O3/c1-6-3-7(2)5-8(4-6)15-10(18)16-19-9(17)11(12,13)14/h3-5H,1-2H3,(H2,15,16,18). The normalized spacial score (nSPS) is 10.8. The molecule has 0 atom stereocenters. The third kappa shape index (κ3) is 4.86. The Labute approximate surface area is 106 Å². The molecule has 1 rings (SSSR count). The maximum atomic E-state index is 11.8. The third-order valence-electron chi connectivity index (χ3n) is 1.95. The van der Waals surface area contributed by atoms with Gasteiger partial charge in [-0.15, -0.1) is 0 Å². The average molecular weight is 276 g/mol. The van der Waals surface area contributed by atoms with Crippen LogP contribution in [0.15, 0.2) is 18.2 Å². The van der Waals surface area contributed by atoms with Crippen molar-refractivity contribution in [2.75, 3.05) is 5.32 Å². The van der Waals surface area contributed by atoms with E-state index in [1.54, 1.807) is 26.0 Å². The molecule has 0 spiro atoms. The number of carbonyl (C=O) groups excluding carboxylic acids is 2. The van der Waals surface area contributed by atoms with Crippen LogP contribution in [0.1, 0.15) is 11.1 Å². The number of anilines is 1. The Hall–Kier alpha value is -2.25. The van der Waals surface area contributed by atoms with Gasteiger partial charge in [-0.05, 0) is 37.1 Å². The molecule has 19 heavy (non-hydrogen) atoms. The summed E-state index contributed by atoms with van der Waals surface area (Å²) in [7, 11) is 0. The van der Waals surface area contributed by atoms with Gasteiger partial charge in [-0.2, -0.15) is 18.7 Å². The van der Waals surface area contributed by atoms with Gasteiger partial charge in [0, 0.05) is 5.69 Å². The summed E-state index contributed by atoms with van der Waals surface area (Å²) in [5.74, 6) is -2.50. The van der Waals surface area contributed by atoms with E-state index in [2.05, 4.69) is 10.2 Å². The molecule has 1 aromatic rings. The fraction of sp³-hybridized carbons (Fsp3) is 0.273. The molecule has 0 fully saturated rings. The van der Waals surface area contributed by atoms with E-state index in [0.717, 1.165) is 11.1 Å². The second-order valence-electron chi connectivity index (χ2n) is 3.82. The van der Waals surface area contributed by atoms with Crippen molar-refractivity contribution < 1.29 is 27.6 Å². The number of aryl methyl sites for hydroxylation is 2. The van der Waals surface area contributed by atoms with Gasteiger partial charge in [0.15, 0.2) is 0 Å². The van der Waals surface area contributed by atoms with Crippen LogP contribution in [0, 0.1) is 13.8 Å². The topological polar surface area (TPSA) is 67.4 Å². The lowest BCUT2D eigenvalue weighted by Crippen LogP contribution is -2.36. The van der Waals surface area contributed by atoms with Crippen LogP contribution in [0.3, 0.4) is 0 Å². The van der Waals surface area contributed by atoms with Crippen molar-refractivity contribution >= 4 is 17.7 Å². The zero-order chi connectivity index (χ0) is 14.6. The first-order chi connectivity index (χ1) is 8.68. The van der Waals surface area contributed by atoms with Crippen LogP contribution in [0.2, 0.25) is 0 Å². The van der Waals surface area contributed by atoms with E-state index in [-0.39, 0.29) is 0 Å². The van der Waals surface area contributed by atoms with E-state index in [0.29, 0.717) is 5.69 Å². The fourth-order valence-corrected chi connectivity index (χ4v) is 1.35. The predicted octanol–water partition coefficient (Wildman–Crippen LogP) is 2.45. The maximum absolute atomic E-state index is 11.8. The number of hydrogen-bond acceptors (Lipinski definition) is 3. The van der Waals surface area contributed by atoms with Gasteiger partial charge in [0.25, 0.3) is 0 Å². The van der Waals surface area contributed by atoms with Crippen molar-refractivity contribution in [1.29, 1.82) is 0 Å². The minimum atomic E-state index is -5.16. The molecule has 0 aliphatic heterocycles. The Balaban J connectivity index is 2.54. The van der Waals surface area contributed by atoms with Crippen LogP contribution >= 0.6 is 0 Å². The summed E-state index contributed by atoms with van der Waals surface area (Å²) in [6.07, 6.45) is -5.16. The number of halogens is 3. The summed E-state index contributed by atoms with van der Waals surface area (Å²) in [6, 6.07) is 3.99. The minimum Gasteiger partial charge on any atom is -0.331 e. The lowest BCUT2D eigenvalue weighted by molar-refractivity contribution is -0.204. The molecular formula is C11H11F3N2O3. The number of carbonyl (C=O) groups is 2. The van der Waals surface area contributed by atoms with E-state index in [9.17, 15) is 22.8 Å². The Morgan fingerprint density at radius 3 is 2.11 bits per heavy atom. The summed E-state index contributed by atoms with van der Waals surface area (Å²) in [5.41, 5.74) is 3.46. The van der Waals surface area contributed by atoms with E-state index in [4.69, 9.17) is 0 Å². The Morgan fingerprint density at radius 2 is 1.63 bits per heavy atom. The SMILES string of the molecule is Cc1cc(C)cc(NC(=O)NOC(=O)C(F)(F)F)c1. The van der Waals surface area contributed by atoms with E-state index < -0.39 is 18.2 Å². The molecule has 5 nitrogen and oxygen atoms in total. The molecule has 0 aliphatic rings. The zero-order valence-electron chi connectivity index (χ0n) is 10.1. The molecule has 0 saturated heterocycles. The number of urea groups is 1. The Kier molecular flexibility index (Phi) is 4.36. The van der Waals surface area contributed by atoms with E-state index in [1.807, 2.05) is 6.07 Å². The molecule has 0 heterocycles. The summed E-state index contributed by atoms with van der Waals surface area (Å²) in [5, 5.41) is 2.24. The Bertz CT molecular complexity index is 480. The molecule has 2 amide bonds. The molecule has 0 aliphatic carbocycles. The second-order valence-corrected chi connectivity index (χ2v) is 3.82. The monoisotopic (exact) mass is 276 g/mol. The predicted molar refractivity (Wildman–Crippen MR) is 60.2 cm³/mol. The van der Waals surface area contributed by atoms with Crippen molar-refractivity contribution in [3.8, 4) is 0 Å². The van der Waals surface area contributed by atoms with Gasteiger partial charge in [0.2, 0.25) is 0 Å². The molecule has 1 aromatic carbocycles. The molecular weight excluding hydrogens is 265 g/mol. The van der Waals surface area contributed by atoms with Gasteiger partial charge >= 0.3 is 18.2 Å². The highest BCUT2D eigenvalue weighted by Gasteiger charge is 2.41. The number of hydroxylamine groups is 1. The van der Waals surface area contributed by atoms with Gasteiger partial charge in [0.1, 0.15) is 0 Å². The first kappa shape index (κ1) is 14.8. The highest BCUT2D eigenvalue weighted by atomic mass is 19.4. The molecule has 8 heteroatoms. The van der Waals surface area contributed by atoms with Crippen LogP contribution in [0.4, 0.5) is 23.7 Å². The number of rotatable bonds is 1. The van der Waals surface area contributed by atoms with E-state index in [1.165, 1.54) is 5.48 Å². The van der Waals surface area contributed by atoms with Crippen molar-refractivity contribution in [2.24, 2.45) is 0 Å². The van der Waals surface area contributed by atoms with Gasteiger partial charge in [0.05, 0.1) is 0 Å². The van der Waals surface area contributed by atoms with Crippen molar-refractivity contribution in [3.05, 3.63) is 29.3 Å². The van der Waals surface area contributed by atoms with Crippen LogP contribution in [-0.2, 0) is 9.63 Å². The summed E-state index contributed by atoms with van der Waals surface area (Å²) < 4.78 is 35.4. The quantitative estimate of drug-likeness (QED) is 0.774. The van der Waals surface area contributed by atoms with Crippen LogP contribution in [0.5, 0.6) is 0 Å². The van der Waals surface area contributed by atoms with Gasteiger partial charge in [-0.3, -0.25) is 0 Å². The third-order valence-corrected chi connectivity index (χ3v) is 1.95. The lowest BCUT2D eigenvalue weighted by Gasteiger charge is -2.09. The molecule has 0 saturated carbocycles. The largest absolute Gasteiger partial charge is 0.493 e. The van der Waals surface area contributed by atoms with Crippen molar-refractivity contribution in [2.45, 2.75) is 20.0 Å². The van der Waals surface area contributed by atoms with Crippen LogP contribution in [-0.4, -0.2) is 18.2 Å². The molecule has 0 bridgehead atoms. The van der Waals surface area contributed by atoms with Crippen LogP contribution < -0.4 is 10.8 Å². The number of alkyl halides is 3. The number of benzene rings is 1. The molecule has 2 N–H and O–H groups in total.